The van der Waals surface area contributed by atoms with Gasteiger partial charge in [-0.05, 0) is 47.9 Å². The third-order valence-electron chi connectivity index (χ3n) is 4.26. The van der Waals surface area contributed by atoms with E-state index < -0.39 is 0 Å². The van der Waals surface area contributed by atoms with Crippen LogP contribution in [0.2, 0.25) is 5.02 Å². The molecule has 1 aliphatic heterocycles. The van der Waals surface area contributed by atoms with Gasteiger partial charge < -0.3 is 4.57 Å². The van der Waals surface area contributed by atoms with Gasteiger partial charge in [-0.15, -0.1) is 5.10 Å². The van der Waals surface area contributed by atoms with Crippen LogP contribution in [0.15, 0.2) is 59.7 Å². The summed E-state index contributed by atoms with van der Waals surface area (Å²) in [6, 6.07) is 16.3. The van der Waals surface area contributed by atoms with Gasteiger partial charge in [0.15, 0.2) is 0 Å². The summed E-state index contributed by atoms with van der Waals surface area (Å²) in [5, 5.41) is 4.93. The largest absolute Gasteiger partial charge is 0.315 e. The first-order chi connectivity index (χ1) is 11.8. The summed E-state index contributed by atoms with van der Waals surface area (Å²) in [5.41, 5.74) is 6.07. The number of rotatable bonds is 1. The van der Waals surface area contributed by atoms with Crippen LogP contribution >= 0.6 is 23.1 Å². The predicted octanol–water partition coefficient (Wildman–Crippen LogP) is 4.49. The van der Waals surface area contributed by atoms with E-state index in [2.05, 4.69) is 38.4 Å². The maximum atomic E-state index is 6.41. The Bertz CT molecular complexity index is 1110. The normalized spacial score (nSPS) is 13.3. The number of hydrogen-bond donors (Lipinski definition) is 0. The average Bonchev–Trinajstić information content (AvgIpc) is 3.22. The van der Waals surface area contributed by atoms with Crippen LogP contribution in [-0.2, 0) is 6.54 Å². The zero-order valence-electron chi connectivity index (χ0n) is 12.5. The molecular formula is C18H11ClN4S. The molecule has 3 heterocycles. The Kier molecular flexibility index (Phi) is 3.04. The van der Waals surface area contributed by atoms with Crippen molar-refractivity contribution in [2.45, 2.75) is 6.54 Å². The van der Waals surface area contributed by atoms with Gasteiger partial charge in [0.1, 0.15) is 5.52 Å². The van der Waals surface area contributed by atoms with Crippen molar-refractivity contribution < 1.29 is 0 Å². The molecule has 0 N–H and O–H groups in total. The van der Waals surface area contributed by atoms with Gasteiger partial charge in [-0.3, -0.25) is 4.99 Å². The van der Waals surface area contributed by atoms with Crippen LogP contribution in [-0.4, -0.2) is 19.9 Å². The van der Waals surface area contributed by atoms with E-state index >= 15 is 0 Å². The van der Waals surface area contributed by atoms with Crippen molar-refractivity contribution in [3.05, 3.63) is 76.6 Å². The lowest BCUT2D eigenvalue weighted by Gasteiger charge is -2.11. The van der Waals surface area contributed by atoms with E-state index in [4.69, 9.17) is 16.6 Å². The van der Waals surface area contributed by atoms with Crippen molar-refractivity contribution in [3.63, 3.8) is 0 Å². The van der Waals surface area contributed by atoms with Crippen LogP contribution in [0.1, 0.15) is 16.8 Å². The fraction of sp³-hybridized carbons (Fsp3) is 0.0556. The molecule has 24 heavy (non-hydrogen) atoms. The van der Waals surface area contributed by atoms with Gasteiger partial charge >= 0.3 is 0 Å². The minimum absolute atomic E-state index is 0.555. The number of hydrogen-bond acceptors (Lipinski definition) is 4. The second-order valence-electron chi connectivity index (χ2n) is 5.62. The van der Waals surface area contributed by atoms with Gasteiger partial charge in [0.25, 0.3) is 0 Å². The van der Waals surface area contributed by atoms with Crippen molar-refractivity contribution in [1.82, 2.24) is 14.2 Å². The van der Waals surface area contributed by atoms with Gasteiger partial charge in [0, 0.05) is 22.3 Å². The zero-order valence-corrected chi connectivity index (χ0v) is 14.1. The highest BCUT2D eigenvalue weighted by atomic mass is 35.5. The molecule has 4 aromatic rings. The number of halogens is 1. The molecule has 0 spiro atoms. The monoisotopic (exact) mass is 350 g/mol. The van der Waals surface area contributed by atoms with Crippen LogP contribution in [0, 0.1) is 0 Å². The molecule has 0 atom stereocenters. The number of fused-ring (bicyclic) bond motifs is 4. The van der Waals surface area contributed by atoms with E-state index in [1.807, 2.05) is 30.5 Å². The van der Waals surface area contributed by atoms with Crippen LogP contribution in [0.4, 0.5) is 0 Å². The Hall–Kier alpha value is -2.50. The van der Waals surface area contributed by atoms with Crippen molar-refractivity contribution in [2.24, 2.45) is 4.99 Å². The topological polar surface area (TPSA) is 43.1 Å². The summed E-state index contributed by atoms with van der Waals surface area (Å²) >= 11 is 7.81. The molecule has 0 saturated carbocycles. The molecule has 5 rings (SSSR count). The fourth-order valence-corrected chi connectivity index (χ4v) is 3.89. The smallest absolute Gasteiger partial charge is 0.106 e. The summed E-state index contributed by atoms with van der Waals surface area (Å²) in [4.78, 5) is 4.87. The minimum atomic E-state index is 0.555. The van der Waals surface area contributed by atoms with E-state index in [1.165, 1.54) is 11.5 Å². The van der Waals surface area contributed by atoms with Crippen molar-refractivity contribution in [2.75, 3.05) is 0 Å². The van der Waals surface area contributed by atoms with Crippen LogP contribution in [0.3, 0.4) is 0 Å². The molecule has 6 heteroatoms. The van der Waals surface area contributed by atoms with Gasteiger partial charge in [0.2, 0.25) is 0 Å². The molecule has 4 nitrogen and oxygen atoms in total. The Labute approximate surface area is 147 Å². The summed E-state index contributed by atoms with van der Waals surface area (Å²) in [6.07, 6.45) is 2.05. The van der Waals surface area contributed by atoms with Crippen molar-refractivity contribution in [1.29, 1.82) is 0 Å². The first-order valence-electron chi connectivity index (χ1n) is 7.54. The molecule has 0 radical (unpaired) electrons. The number of benzene rings is 2. The van der Waals surface area contributed by atoms with Crippen molar-refractivity contribution in [3.8, 4) is 5.69 Å². The lowest BCUT2D eigenvalue weighted by molar-refractivity contribution is 1.02. The van der Waals surface area contributed by atoms with Gasteiger partial charge in [-0.2, -0.15) is 0 Å². The third-order valence-corrected chi connectivity index (χ3v) is 5.32. The third kappa shape index (κ3) is 2.02. The first kappa shape index (κ1) is 13.9. The highest BCUT2D eigenvalue weighted by molar-refractivity contribution is 7.12. The van der Waals surface area contributed by atoms with E-state index in [0.717, 1.165) is 43.5 Å². The molecule has 0 aliphatic carbocycles. The molecule has 0 bridgehead atoms. The van der Waals surface area contributed by atoms with E-state index in [1.54, 1.807) is 0 Å². The Balaban J connectivity index is 1.75. The van der Waals surface area contributed by atoms with Gasteiger partial charge in [-0.1, -0.05) is 28.2 Å². The Morgan fingerprint density at radius 1 is 1.08 bits per heavy atom. The summed E-state index contributed by atoms with van der Waals surface area (Å²) < 4.78 is 7.24. The molecule has 0 unspecified atom stereocenters. The SMILES string of the molecule is Clc1cccc2c1CN=C(c1ccc3snnc3c1)c1cccn1-2. The Morgan fingerprint density at radius 2 is 2.04 bits per heavy atom. The maximum Gasteiger partial charge on any atom is 0.106 e. The highest BCUT2D eigenvalue weighted by Crippen LogP contribution is 2.30. The molecule has 0 fully saturated rings. The predicted molar refractivity (Wildman–Crippen MR) is 97.5 cm³/mol. The minimum Gasteiger partial charge on any atom is -0.315 e. The average molecular weight is 351 g/mol. The standard InChI is InChI=1S/C18H11ClN4S/c19-13-3-1-4-15-12(13)10-20-18(16-5-2-8-23(15)16)11-6-7-17-14(9-11)21-22-24-17/h1-9H,10H2. The lowest BCUT2D eigenvalue weighted by atomic mass is 10.1. The molecule has 2 aromatic carbocycles. The Morgan fingerprint density at radius 3 is 3.00 bits per heavy atom. The number of aromatic nitrogens is 3. The summed E-state index contributed by atoms with van der Waals surface area (Å²) in [6.45, 7) is 0.555. The molecule has 1 aliphatic rings. The van der Waals surface area contributed by atoms with Gasteiger partial charge in [0.05, 0.1) is 28.3 Å². The molecule has 116 valence electrons. The quantitative estimate of drug-likeness (QED) is 0.507. The number of aliphatic imine (C=N–C) groups is 1. The maximum absolute atomic E-state index is 6.41. The summed E-state index contributed by atoms with van der Waals surface area (Å²) in [7, 11) is 0. The van der Waals surface area contributed by atoms with Crippen LogP contribution in [0.25, 0.3) is 15.9 Å². The van der Waals surface area contributed by atoms with E-state index in [9.17, 15) is 0 Å². The van der Waals surface area contributed by atoms with Gasteiger partial charge in [-0.25, -0.2) is 0 Å². The second kappa shape index (κ2) is 5.26. The van der Waals surface area contributed by atoms with E-state index in [-0.39, 0.29) is 0 Å². The molecule has 2 aromatic heterocycles. The lowest BCUT2D eigenvalue weighted by Crippen LogP contribution is -2.08. The zero-order chi connectivity index (χ0) is 16.1. The van der Waals surface area contributed by atoms with Crippen LogP contribution in [0.5, 0.6) is 0 Å². The molecular weight excluding hydrogens is 340 g/mol. The molecule has 0 amide bonds. The first-order valence-corrected chi connectivity index (χ1v) is 8.69. The summed E-state index contributed by atoms with van der Waals surface area (Å²) in [5.74, 6) is 0. The second-order valence-corrected chi connectivity index (χ2v) is 6.81. The van der Waals surface area contributed by atoms with E-state index in [0.29, 0.717) is 6.54 Å². The number of nitrogens with zero attached hydrogens (tertiary/aromatic N) is 4. The van der Waals surface area contributed by atoms with Crippen molar-refractivity contribution >= 4 is 39.1 Å². The van der Waals surface area contributed by atoms with Crippen LogP contribution < -0.4 is 0 Å². The molecule has 0 saturated heterocycles. The fourth-order valence-electron chi connectivity index (χ4n) is 3.12. The highest BCUT2D eigenvalue weighted by Gasteiger charge is 2.20.